The molecule has 0 aliphatic rings. The molecule has 234 valence electrons. The van der Waals surface area contributed by atoms with Gasteiger partial charge in [-0.1, -0.05) is 48.5 Å². The van der Waals surface area contributed by atoms with E-state index in [4.69, 9.17) is 0 Å². The first-order valence-corrected chi connectivity index (χ1v) is 18.6. The summed E-state index contributed by atoms with van der Waals surface area (Å²) in [6, 6.07) is 64.8. The van der Waals surface area contributed by atoms with Crippen LogP contribution in [0.2, 0.25) is 0 Å². The van der Waals surface area contributed by atoms with Gasteiger partial charge >= 0.3 is 246 Å². The summed E-state index contributed by atoms with van der Waals surface area (Å²) >= 11 is 0.268. The zero-order valence-corrected chi connectivity index (χ0v) is 29.3. The molecule has 8 aromatic carbocycles. The third kappa shape index (κ3) is 5.16. The normalized spacial score (nSPS) is 11.9. The minimum atomic E-state index is -0.108. The van der Waals surface area contributed by atoms with E-state index in [1.165, 1.54) is 63.1 Å². The Morgan fingerprint density at radius 1 is 0.429 bits per heavy atom. The molecule has 0 radical (unpaired) electrons. The zero-order valence-electron chi connectivity index (χ0n) is 27.6. The SMILES string of the molecule is CC(C)(c1ccccc1)c1ccc(N(c2ccc(-c3ccccc3)cc2)c2ccc3ccc4ccc5c6ccccc6[se]c5c4c3c2)cc1. The molecule has 0 atom stereocenters. The van der Waals surface area contributed by atoms with Gasteiger partial charge in [-0.3, -0.25) is 0 Å². The number of nitrogens with zero attached hydrogens (tertiary/aromatic N) is 1. The van der Waals surface area contributed by atoms with E-state index in [0.717, 1.165) is 17.1 Å². The van der Waals surface area contributed by atoms with Crippen LogP contribution >= 0.6 is 0 Å². The van der Waals surface area contributed by atoms with Crippen LogP contribution in [0.4, 0.5) is 17.1 Å². The summed E-state index contributed by atoms with van der Waals surface area (Å²) in [5.74, 6) is 0. The van der Waals surface area contributed by atoms with Crippen molar-refractivity contribution in [2.24, 2.45) is 0 Å². The quantitative estimate of drug-likeness (QED) is 0.124. The molecule has 0 saturated carbocycles. The second-order valence-electron chi connectivity index (χ2n) is 13.4. The topological polar surface area (TPSA) is 3.24 Å². The van der Waals surface area contributed by atoms with E-state index in [9.17, 15) is 0 Å². The average molecular weight is 693 g/mol. The van der Waals surface area contributed by atoms with Crippen molar-refractivity contribution in [1.29, 1.82) is 0 Å². The molecule has 1 heterocycles. The molecule has 0 aliphatic heterocycles. The third-order valence-corrected chi connectivity index (χ3v) is 12.7. The number of rotatable bonds is 6. The average Bonchev–Trinajstić information content (AvgIpc) is 3.55. The Kier molecular flexibility index (Phi) is 7.24. The Hall–Kier alpha value is -5.40. The maximum atomic E-state index is 2.42. The van der Waals surface area contributed by atoms with Crippen LogP contribution in [0.25, 0.3) is 52.0 Å². The van der Waals surface area contributed by atoms with E-state index in [-0.39, 0.29) is 19.9 Å². The summed E-state index contributed by atoms with van der Waals surface area (Å²) in [7, 11) is 0. The van der Waals surface area contributed by atoms with Crippen molar-refractivity contribution in [2.45, 2.75) is 19.3 Å². The Balaban J connectivity index is 1.22. The van der Waals surface area contributed by atoms with Crippen molar-refractivity contribution in [1.82, 2.24) is 0 Å². The van der Waals surface area contributed by atoms with E-state index < -0.39 is 0 Å². The van der Waals surface area contributed by atoms with Crippen LogP contribution in [-0.4, -0.2) is 14.5 Å². The fourth-order valence-corrected chi connectivity index (χ4v) is 10.0. The van der Waals surface area contributed by atoms with Crippen molar-refractivity contribution >= 4 is 72.4 Å². The summed E-state index contributed by atoms with van der Waals surface area (Å²) in [6.45, 7) is 4.62. The monoisotopic (exact) mass is 693 g/mol. The van der Waals surface area contributed by atoms with Crippen molar-refractivity contribution in [2.75, 3.05) is 4.90 Å². The zero-order chi connectivity index (χ0) is 33.0. The molecule has 9 rings (SSSR count). The van der Waals surface area contributed by atoms with E-state index >= 15 is 0 Å². The van der Waals surface area contributed by atoms with Crippen LogP contribution < -0.4 is 4.90 Å². The van der Waals surface area contributed by atoms with Crippen molar-refractivity contribution in [3.63, 3.8) is 0 Å². The molecule has 0 N–H and O–H groups in total. The van der Waals surface area contributed by atoms with Gasteiger partial charge in [0, 0.05) is 0 Å². The number of hydrogen-bond acceptors (Lipinski definition) is 1. The summed E-state index contributed by atoms with van der Waals surface area (Å²) in [4.78, 5) is 2.41. The van der Waals surface area contributed by atoms with Crippen LogP contribution in [0.15, 0.2) is 176 Å². The van der Waals surface area contributed by atoms with Gasteiger partial charge < -0.3 is 0 Å². The Bertz CT molecular complexity index is 2600. The fraction of sp³-hybridized carbons (Fsp3) is 0.0638. The molecular weight excluding hydrogens is 657 g/mol. The molecule has 0 fully saturated rings. The first kappa shape index (κ1) is 29.7. The molecule has 0 spiro atoms. The van der Waals surface area contributed by atoms with E-state index in [2.05, 4.69) is 195 Å². The van der Waals surface area contributed by atoms with Crippen LogP contribution in [0.3, 0.4) is 0 Å². The van der Waals surface area contributed by atoms with Crippen LogP contribution in [0.5, 0.6) is 0 Å². The first-order chi connectivity index (χ1) is 24.0. The van der Waals surface area contributed by atoms with Gasteiger partial charge in [-0.05, 0) is 0 Å². The molecule has 0 unspecified atom stereocenters. The second-order valence-corrected chi connectivity index (χ2v) is 15.6. The Morgan fingerprint density at radius 3 is 1.73 bits per heavy atom. The Labute approximate surface area is 293 Å². The van der Waals surface area contributed by atoms with E-state index in [1.807, 2.05) is 0 Å². The predicted octanol–water partition coefficient (Wildman–Crippen LogP) is 12.8. The number of benzene rings is 8. The number of hydrogen-bond donors (Lipinski definition) is 0. The molecule has 0 aliphatic carbocycles. The third-order valence-electron chi connectivity index (χ3n) is 10.2. The summed E-state index contributed by atoms with van der Waals surface area (Å²) < 4.78 is 2.98. The molecule has 0 amide bonds. The van der Waals surface area contributed by atoms with Gasteiger partial charge in [0.25, 0.3) is 0 Å². The molecule has 2 heteroatoms. The predicted molar refractivity (Wildman–Crippen MR) is 212 cm³/mol. The van der Waals surface area contributed by atoms with Gasteiger partial charge in [0.05, 0.1) is 0 Å². The van der Waals surface area contributed by atoms with Crippen LogP contribution in [-0.2, 0) is 5.41 Å². The van der Waals surface area contributed by atoms with Crippen LogP contribution in [0, 0.1) is 0 Å². The van der Waals surface area contributed by atoms with Gasteiger partial charge in [0.15, 0.2) is 0 Å². The van der Waals surface area contributed by atoms with Gasteiger partial charge in [0.1, 0.15) is 0 Å². The summed E-state index contributed by atoms with van der Waals surface area (Å²) in [5.41, 5.74) is 8.37. The Morgan fingerprint density at radius 2 is 0.980 bits per heavy atom. The van der Waals surface area contributed by atoms with Crippen LogP contribution in [0.1, 0.15) is 25.0 Å². The van der Waals surface area contributed by atoms with Gasteiger partial charge in [0.2, 0.25) is 0 Å². The summed E-state index contributed by atoms with van der Waals surface area (Å²) in [6.07, 6.45) is 0. The van der Waals surface area contributed by atoms with E-state index in [1.54, 1.807) is 0 Å². The molecule has 1 nitrogen and oxygen atoms in total. The number of fused-ring (bicyclic) bond motifs is 7. The molecule has 49 heavy (non-hydrogen) atoms. The molecular formula is C47H35NSe. The second kappa shape index (κ2) is 11.9. The fourth-order valence-electron chi connectivity index (χ4n) is 7.37. The summed E-state index contributed by atoms with van der Waals surface area (Å²) in [5, 5.41) is 8.08. The maximum absolute atomic E-state index is 2.42. The first-order valence-electron chi connectivity index (χ1n) is 16.9. The van der Waals surface area contributed by atoms with Crippen molar-refractivity contribution in [3.8, 4) is 11.1 Å². The molecule has 0 saturated heterocycles. The van der Waals surface area contributed by atoms with Crippen molar-refractivity contribution < 1.29 is 0 Å². The standard InChI is InChI=1S/C47H35NSe/c1-47(2,36-13-7-4-8-14-36)37-23-28-39(29-24-37)48(38-25-19-33(20-26-38)32-11-5-3-6-12-32)40-27-21-34-17-18-35-22-30-42-41-15-9-10-16-44(41)49-46(42)45(35)43(34)31-40/h3-31H,1-2H3. The number of anilines is 3. The van der Waals surface area contributed by atoms with E-state index in [0.29, 0.717) is 0 Å². The molecule has 9 aromatic rings. The van der Waals surface area contributed by atoms with Gasteiger partial charge in [-0.15, -0.1) is 0 Å². The molecule has 0 bridgehead atoms. The molecule has 1 aromatic heterocycles. The van der Waals surface area contributed by atoms with Crippen molar-refractivity contribution in [3.05, 3.63) is 187 Å². The van der Waals surface area contributed by atoms with Gasteiger partial charge in [-0.25, -0.2) is 0 Å². The minimum absolute atomic E-state index is 0.108. The van der Waals surface area contributed by atoms with Gasteiger partial charge in [-0.2, -0.15) is 0 Å².